The van der Waals surface area contributed by atoms with E-state index < -0.39 is 39.0 Å². The van der Waals surface area contributed by atoms with E-state index in [4.69, 9.17) is 23.4 Å². The Labute approximate surface area is 249 Å². The molecule has 0 radical (unpaired) electrons. The van der Waals surface area contributed by atoms with Crippen LogP contribution in [0.1, 0.15) is 80.1 Å². The molecule has 0 aromatic heterocycles. The van der Waals surface area contributed by atoms with Crippen LogP contribution in [0.25, 0.3) is 0 Å². The molecular formula is C34H54O6Si. The molecule has 1 aliphatic rings. The Hall–Kier alpha value is -1.58. The molecule has 0 bridgehead atoms. The summed E-state index contributed by atoms with van der Waals surface area (Å²) in [5.41, 5.74) is 0. The monoisotopic (exact) mass is 586 g/mol. The van der Waals surface area contributed by atoms with Crippen LogP contribution < -0.4 is 10.4 Å². The maximum Gasteiger partial charge on any atom is 0.261 e. The average Bonchev–Trinajstić information content (AvgIpc) is 2.96. The smallest absolute Gasteiger partial charge is 0.261 e. The summed E-state index contributed by atoms with van der Waals surface area (Å²) in [6, 6.07) is 21.2. The molecule has 0 amide bonds. The highest BCUT2D eigenvalue weighted by Crippen LogP contribution is 2.38. The predicted octanol–water partition coefficient (Wildman–Crippen LogP) is 5.84. The summed E-state index contributed by atoms with van der Waals surface area (Å²) >= 11 is 0. The van der Waals surface area contributed by atoms with Gasteiger partial charge in [-0.1, -0.05) is 121 Å². The number of aliphatic hydroxyl groups excluding tert-OH is 1. The maximum absolute atomic E-state index is 11.3. The second-order valence-corrected chi connectivity index (χ2v) is 16.4. The summed E-state index contributed by atoms with van der Waals surface area (Å²) in [6.45, 7) is 15.2. The summed E-state index contributed by atoms with van der Waals surface area (Å²) in [6.07, 6.45) is 2.70. The SMILES string of the molecule is CCCCO[C@@H]1[C@H](OCCCC)[C@@H](O)O[C@H](CO[Si](c2ccccc2)(c2ccccc2)C(C)(C)C)[C@H]1OCCCC. The van der Waals surface area contributed by atoms with Crippen LogP contribution in [0.15, 0.2) is 60.7 Å². The number of ether oxygens (including phenoxy) is 4. The van der Waals surface area contributed by atoms with Crippen molar-refractivity contribution in [3.05, 3.63) is 60.7 Å². The fourth-order valence-corrected chi connectivity index (χ4v) is 10.2. The number of aliphatic hydroxyl groups is 1. The molecule has 0 saturated carbocycles. The molecular weight excluding hydrogens is 532 g/mol. The number of unbranched alkanes of at least 4 members (excludes halogenated alkanes) is 3. The number of hydrogen-bond acceptors (Lipinski definition) is 6. The van der Waals surface area contributed by atoms with Gasteiger partial charge in [-0.05, 0) is 34.7 Å². The Morgan fingerprint density at radius 2 is 1.12 bits per heavy atom. The third-order valence-electron chi connectivity index (χ3n) is 7.91. The van der Waals surface area contributed by atoms with Crippen molar-refractivity contribution in [1.29, 1.82) is 0 Å². The molecule has 0 unspecified atom stereocenters. The van der Waals surface area contributed by atoms with E-state index in [1.54, 1.807) is 0 Å². The Kier molecular flexibility index (Phi) is 14.0. The van der Waals surface area contributed by atoms with Gasteiger partial charge in [0.05, 0.1) is 6.61 Å². The van der Waals surface area contributed by atoms with Crippen LogP contribution >= 0.6 is 0 Å². The summed E-state index contributed by atoms with van der Waals surface area (Å²) in [5, 5.41) is 13.5. The molecule has 6 nitrogen and oxygen atoms in total. The molecule has 5 atom stereocenters. The Morgan fingerprint density at radius 1 is 0.683 bits per heavy atom. The van der Waals surface area contributed by atoms with Crippen LogP contribution in [0.2, 0.25) is 5.04 Å². The van der Waals surface area contributed by atoms with E-state index in [-0.39, 0.29) is 11.6 Å². The molecule has 3 rings (SSSR count). The molecule has 0 spiro atoms. The van der Waals surface area contributed by atoms with Gasteiger partial charge in [-0.3, -0.25) is 0 Å². The van der Waals surface area contributed by atoms with Crippen molar-refractivity contribution >= 4 is 18.7 Å². The minimum absolute atomic E-state index is 0.176. The first kappa shape index (κ1) is 33.9. The quantitative estimate of drug-likeness (QED) is 0.186. The van der Waals surface area contributed by atoms with Gasteiger partial charge in [0.15, 0.2) is 6.29 Å². The van der Waals surface area contributed by atoms with Gasteiger partial charge in [0.1, 0.15) is 24.4 Å². The van der Waals surface area contributed by atoms with E-state index >= 15 is 0 Å². The van der Waals surface area contributed by atoms with Gasteiger partial charge in [-0.25, -0.2) is 0 Å². The van der Waals surface area contributed by atoms with Crippen LogP contribution in [0.5, 0.6) is 0 Å². The fourth-order valence-electron chi connectivity index (χ4n) is 5.66. The number of benzene rings is 2. The lowest BCUT2D eigenvalue weighted by atomic mass is 9.98. The van der Waals surface area contributed by atoms with Gasteiger partial charge in [-0.2, -0.15) is 0 Å². The zero-order valence-electron chi connectivity index (χ0n) is 26.2. The summed E-state index contributed by atoms with van der Waals surface area (Å²) in [4.78, 5) is 0. The normalized spacial score (nSPS) is 23.5. The molecule has 41 heavy (non-hydrogen) atoms. The molecule has 1 heterocycles. The first-order valence-corrected chi connectivity index (χ1v) is 17.6. The number of rotatable bonds is 17. The van der Waals surface area contributed by atoms with E-state index in [1.165, 1.54) is 10.4 Å². The van der Waals surface area contributed by atoms with Crippen molar-refractivity contribution < 1.29 is 28.5 Å². The highest BCUT2D eigenvalue weighted by atomic mass is 28.4. The molecule has 2 aromatic carbocycles. The van der Waals surface area contributed by atoms with Crippen molar-refractivity contribution in [2.45, 2.75) is 116 Å². The summed E-state index contributed by atoms with van der Waals surface area (Å²) in [7, 11) is -2.81. The van der Waals surface area contributed by atoms with Gasteiger partial charge >= 0.3 is 0 Å². The zero-order valence-corrected chi connectivity index (χ0v) is 27.2. The van der Waals surface area contributed by atoms with Gasteiger partial charge in [-0.15, -0.1) is 0 Å². The average molecular weight is 587 g/mol. The van der Waals surface area contributed by atoms with Crippen molar-refractivity contribution in [3.63, 3.8) is 0 Å². The molecule has 2 aromatic rings. The molecule has 230 valence electrons. The van der Waals surface area contributed by atoms with Gasteiger partial charge in [0.2, 0.25) is 0 Å². The Morgan fingerprint density at radius 3 is 1.56 bits per heavy atom. The summed E-state index contributed by atoms with van der Waals surface area (Å²) < 4.78 is 32.7. The van der Waals surface area contributed by atoms with Gasteiger partial charge in [0.25, 0.3) is 8.32 Å². The van der Waals surface area contributed by atoms with Crippen LogP contribution in [0, 0.1) is 0 Å². The van der Waals surface area contributed by atoms with Crippen LogP contribution in [0.4, 0.5) is 0 Å². The van der Waals surface area contributed by atoms with Crippen LogP contribution in [0.3, 0.4) is 0 Å². The maximum atomic E-state index is 11.3. The molecule has 1 saturated heterocycles. The minimum Gasteiger partial charge on any atom is -0.405 e. The third-order valence-corrected chi connectivity index (χ3v) is 12.9. The van der Waals surface area contributed by atoms with Gasteiger partial charge in [0, 0.05) is 19.8 Å². The summed E-state index contributed by atoms with van der Waals surface area (Å²) in [5.74, 6) is 0. The Bertz CT molecular complexity index is 927. The molecule has 1 fully saturated rings. The lowest BCUT2D eigenvalue weighted by molar-refractivity contribution is -0.309. The highest BCUT2D eigenvalue weighted by Gasteiger charge is 2.53. The highest BCUT2D eigenvalue weighted by molar-refractivity contribution is 6.99. The topological polar surface area (TPSA) is 66.4 Å². The first-order valence-electron chi connectivity index (χ1n) is 15.7. The Balaban J connectivity index is 1.98. The van der Waals surface area contributed by atoms with Crippen LogP contribution in [-0.2, 0) is 23.4 Å². The predicted molar refractivity (Wildman–Crippen MR) is 168 cm³/mol. The molecule has 1 N–H and O–H groups in total. The van der Waals surface area contributed by atoms with E-state index in [0.717, 1.165) is 38.5 Å². The minimum atomic E-state index is -2.81. The van der Waals surface area contributed by atoms with Crippen LogP contribution in [-0.4, -0.2) is 70.6 Å². The number of hydrogen-bond donors (Lipinski definition) is 1. The van der Waals surface area contributed by atoms with Crippen molar-refractivity contribution in [3.8, 4) is 0 Å². The molecule has 1 aliphatic heterocycles. The molecule has 7 heteroatoms. The van der Waals surface area contributed by atoms with Crippen molar-refractivity contribution in [2.24, 2.45) is 0 Å². The standard InChI is InChI=1S/C34H54O6Si/c1-7-10-23-36-30-29(40-33(35)32(38-25-12-9-3)31(30)37-24-11-8-2)26-39-41(34(4,5)6,27-19-15-13-16-20-27)28-21-17-14-18-22-28/h13-22,29-33,35H,7-12,23-26H2,1-6H3/t29-,30-,31+,32+,33+/m1/s1. The zero-order chi connectivity index (χ0) is 29.7. The first-order chi connectivity index (χ1) is 19.8. The fraction of sp³-hybridized carbons (Fsp3) is 0.647. The lowest BCUT2D eigenvalue weighted by Gasteiger charge is -2.47. The third kappa shape index (κ3) is 8.72. The second-order valence-electron chi connectivity index (χ2n) is 12.1. The van der Waals surface area contributed by atoms with Crippen molar-refractivity contribution in [1.82, 2.24) is 0 Å². The van der Waals surface area contributed by atoms with E-state index in [9.17, 15) is 5.11 Å². The van der Waals surface area contributed by atoms with E-state index in [0.29, 0.717) is 19.8 Å². The molecule has 0 aliphatic carbocycles. The van der Waals surface area contributed by atoms with E-state index in [2.05, 4.69) is 90.1 Å². The van der Waals surface area contributed by atoms with Gasteiger partial charge < -0.3 is 28.5 Å². The largest absolute Gasteiger partial charge is 0.405 e. The second kappa shape index (κ2) is 16.9. The van der Waals surface area contributed by atoms with Crippen molar-refractivity contribution in [2.75, 3.05) is 26.4 Å². The van der Waals surface area contributed by atoms with E-state index in [1.807, 2.05) is 12.1 Å². The lowest BCUT2D eigenvalue weighted by Crippen LogP contribution is -2.68.